The average molecular weight is 376 g/mol. The molecule has 144 valence electrons. The van der Waals surface area contributed by atoms with Crippen molar-refractivity contribution in [2.45, 2.75) is 26.3 Å². The lowest BCUT2D eigenvalue weighted by Gasteiger charge is -2.13. The van der Waals surface area contributed by atoms with E-state index < -0.39 is 0 Å². The molecule has 0 aliphatic rings. The number of hydrogen-bond donors (Lipinski definition) is 2. The van der Waals surface area contributed by atoms with Crippen LogP contribution in [-0.2, 0) is 6.54 Å². The van der Waals surface area contributed by atoms with E-state index in [1.54, 1.807) is 13.3 Å². The Morgan fingerprint density at radius 1 is 1.04 bits per heavy atom. The van der Waals surface area contributed by atoms with Crippen molar-refractivity contribution >= 4 is 17.4 Å². The molecule has 3 aromatic rings. The zero-order valence-corrected chi connectivity index (χ0v) is 16.3. The summed E-state index contributed by atoms with van der Waals surface area (Å²) < 4.78 is 5.34. The second-order valence-electron chi connectivity index (χ2n) is 6.65. The normalized spacial score (nSPS) is 10.6. The maximum Gasteiger partial charge on any atom is 0.275 e. The fourth-order valence-electron chi connectivity index (χ4n) is 2.87. The molecular weight excluding hydrogens is 352 g/mol. The van der Waals surface area contributed by atoms with Crippen molar-refractivity contribution in [3.05, 3.63) is 77.7 Å². The molecule has 28 heavy (non-hydrogen) atoms. The maximum absolute atomic E-state index is 12.5. The van der Waals surface area contributed by atoms with Crippen molar-refractivity contribution in [3.8, 4) is 5.75 Å². The van der Waals surface area contributed by atoms with Crippen molar-refractivity contribution in [2.75, 3.05) is 17.7 Å². The van der Waals surface area contributed by atoms with Crippen LogP contribution in [0.5, 0.6) is 5.75 Å². The highest BCUT2D eigenvalue weighted by atomic mass is 16.5. The van der Waals surface area contributed by atoms with Gasteiger partial charge in [-0.3, -0.25) is 4.79 Å². The van der Waals surface area contributed by atoms with Crippen molar-refractivity contribution in [3.63, 3.8) is 0 Å². The van der Waals surface area contributed by atoms with Gasteiger partial charge in [-0.15, -0.1) is 0 Å². The van der Waals surface area contributed by atoms with Crippen LogP contribution < -0.4 is 15.4 Å². The molecule has 6 heteroatoms. The fourth-order valence-corrected chi connectivity index (χ4v) is 2.87. The predicted molar refractivity (Wildman–Crippen MR) is 111 cm³/mol. The van der Waals surface area contributed by atoms with Crippen LogP contribution in [0.15, 0.2) is 60.9 Å². The SMILES string of the molecule is COc1ccccc1CNc1cnc(C(=O)Nc2ccccc2C(C)C)cn1. The van der Waals surface area contributed by atoms with Crippen LogP contribution in [-0.4, -0.2) is 23.0 Å². The Bertz CT molecular complexity index is 939. The second-order valence-corrected chi connectivity index (χ2v) is 6.65. The minimum atomic E-state index is -0.281. The summed E-state index contributed by atoms with van der Waals surface area (Å²) in [4.78, 5) is 21.0. The second kappa shape index (κ2) is 8.99. The van der Waals surface area contributed by atoms with Crippen molar-refractivity contribution < 1.29 is 9.53 Å². The monoisotopic (exact) mass is 376 g/mol. The summed E-state index contributed by atoms with van der Waals surface area (Å²) in [5.41, 5.74) is 3.15. The molecule has 0 saturated heterocycles. The third-order valence-electron chi connectivity index (χ3n) is 4.37. The van der Waals surface area contributed by atoms with E-state index in [-0.39, 0.29) is 11.6 Å². The van der Waals surface area contributed by atoms with Gasteiger partial charge in [0, 0.05) is 17.8 Å². The number of benzene rings is 2. The lowest BCUT2D eigenvalue weighted by Crippen LogP contribution is -2.16. The number of amides is 1. The lowest BCUT2D eigenvalue weighted by molar-refractivity contribution is 0.102. The minimum absolute atomic E-state index is 0.265. The molecule has 1 heterocycles. The third kappa shape index (κ3) is 4.65. The molecule has 2 aromatic carbocycles. The summed E-state index contributed by atoms with van der Waals surface area (Å²) >= 11 is 0. The molecule has 1 aromatic heterocycles. The van der Waals surface area contributed by atoms with E-state index >= 15 is 0 Å². The molecule has 0 bridgehead atoms. The molecule has 6 nitrogen and oxygen atoms in total. The number of nitrogens with zero attached hydrogens (tertiary/aromatic N) is 2. The first-order chi connectivity index (χ1) is 13.6. The Morgan fingerprint density at radius 2 is 1.79 bits per heavy atom. The number of aromatic nitrogens is 2. The van der Waals surface area contributed by atoms with Gasteiger partial charge in [0.25, 0.3) is 5.91 Å². The van der Waals surface area contributed by atoms with E-state index in [2.05, 4.69) is 34.4 Å². The van der Waals surface area contributed by atoms with Crippen LogP contribution in [0.2, 0.25) is 0 Å². The smallest absolute Gasteiger partial charge is 0.275 e. The number of nitrogens with one attached hydrogen (secondary N) is 2. The van der Waals surface area contributed by atoms with E-state index in [4.69, 9.17) is 4.74 Å². The molecule has 3 rings (SSSR count). The lowest BCUT2D eigenvalue weighted by atomic mass is 10.0. The Hall–Kier alpha value is -3.41. The Balaban J connectivity index is 1.65. The highest BCUT2D eigenvalue weighted by molar-refractivity contribution is 6.03. The molecule has 0 aliphatic heterocycles. The van der Waals surface area contributed by atoms with Crippen LogP contribution in [0.4, 0.5) is 11.5 Å². The van der Waals surface area contributed by atoms with Gasteiger partial charge in [-0.05, 0) is 23.6 Å². The van der Waals surface area contributed by atoms with Gasteiger partial charge in [0.2, 0.25) is 0 Å². The van der Waals surface area contributed by atoms with Gasteiger partial charge in [0.15, 0.2) is 0 Å². The largest absolute Gasteiger partial charge is 0.496 e. The van der Waals surface area contributed by atoms with Gasteiger partial charge in [-0.2, -0.15) is 0 Å². The summed E-state index contributed by atoms with van der Waals surface area (Å²) in [5, 5.41) is 6.11. The average Bonchev–Trinajstić information content (AvgIpc) is 2.73. The van der Waals surface area contributed by atoms with Crippen molar-refractivity contribution in [2.24, 2.45) is 0 Å². The highest BCUT2D eigenvalue weighted by Crippen LogP contribution is 2.24. The number of methoxy groups -OCH3 is 1. The zero-order valence-electron chi connectivity index (χ0n) is 16.3. The predicted octanol–water partition coefficient (Wildman–Crippen LogP) is 4.47. The zero-order chi connectivity index (χ0) is 19.9. The fraction of sp³-hybridized carbons (Fsp3) is 0.227. The summed E-state index contributed by atoms with van der Waals surface area (Å²) in [6.07, 6.45) is 3.02. The van der Waals surface area contributed by atoms with Crippen LogP contribution in [0.25, 0.3) is 0 Å². The van der Waals surface area contributed by atoms with Gasteiger partial charge in [0.1, 0.15) is 17.3 Å². The molecule has 0 aliphatic carbocycles. The molecule has 0 fully saturated rings. The van der Waals surface area contributed by atoms with Gasteiger partial charge >= 0.3 is 0 Å². The van der Waals surface area contributed by atoms with Gasteiger partial charge < -0.3 is 15.4 Å². The van der Waals surface area contributed by atoms with E-state index in [1.807, 2.05) is 48.5 Å². The summed E-state index contributed by atoms with van der Waals surface area (Å²) in [6, 6.07) is 15.5. The summed E-state index contributed by atoms with van der Waals surface area (Å²) in [7, 11) is 1.64. The van der Waals surface area contributed by atoms with Crippen molar-refractivity contribution in [1.29, 1.82) is 0 Å². The molecule has 0 saturated carbocycles. The number of para-hydroxylation sites is 2. The molecule has 0 unspecified atom stereocenters. The third-order valence-corrected chi connectivity index (χ3v) is 4.37. The van der Waals surface area contributed by atoms with E-state index in [0.717, 1.165) is 22.6 Å². The Labute approximate surface area is 165 Å². The Kier molecular flexibility index (Phi) is 6.22. The van der Waals surface area contributed by atoms with Crippen molar-refractivity contribution in [1.82, 2.24) is 9.97 Å². The summed E-state index contributed by atoms with van der Waals surface area (Å²) in [5.74, 6) is 1.42. The Morgan fingerprint density at radius 3 is 2.50 bits per heavy atom. The number of rotatable bonds is 7. The molecule has 0 spiro atoms. The first-order valence-corrected chi connectivity index (χ1v) is 9.16. The van der Waals surface area contributed by atoms with E-state index in [9.17, 15) is 4.79 Å². The molecule has 0 radical (unpaired) electrons. The van der Waals surface area contributed by atoms with Gasteiger partial charge in [-0.25, -0.2) is 9.97 Å². The van der Waals surface area contributed by atoms with Gasteiger partial charge in [-0.1, -0.05) is 50.2 Å². The molecule has 0 atom stereocenters. The minimum Gasteiger partial charge on any atom is -0.496 e. The topological polar surface area (TPSA) is 76.1 Å². The first kappa shape index (κ1) is 19.4. The highest BCUT2D eigenvalue weighted by Gasteiger charge is 2.12. The molecule has 2 N–H and O–H groups in total. The summed E-state index contributed by atoms with van der Waals surface area (Å²) in [6.45, 7) is 4.73. The maximum atomic E-state index is 12.5. The molecule has 1 amide bonds. The van der Waals surface area contributed by atoms with Gasteiger partial charge in [0.05, 0.1) is 19.5 Å². The number of carbonyl (C=O) groups excluding carboxylic acids is 1. The first-order valence-electron chi connectivity index (χ1n) is 9.16. The number of hydrogen-bond acceptors (Lipinski definition) is 5. The van der Waals surface area contributed by atoms with Crippen LogP contribution in [0.3, 0.4) is 0 Å². The van der Waals surface area contributed by atoms with E-state index in [1.165, 1.54) is 6.20 Å². The van der Waals surface area contributed by atoms with Crippen LogP contribution >= 0.6 is 0 Å². The van der Waals surface area contributed by atoms with Crippen LogP contribution in [0.1, 0.15) is 41.4 Å². The quantitative estimate of drug-likeness (QED) is 0.636. The number of anilines is 2. The number of carbonyl (C=O) groups is 1. The molecular formula is C22H24N4O2. The standard InChI is InChI=1S/C22H24N4O2/c1-15(2)17-9-5-6-10-18(17)26-22(27)19-13-25-21(14-23-19)24-12-16-8-4-7-11-20(16)28-3/h4-11,13-15H,12H2,1-3H3,(H,24,25)(H,26,27). The number of ether oxygens (including phenoxy) is 1. The van der Waals surface area contributed by atoms with Crippen LogP contribution in [0, 0.1) is 0 Å². The van der Waals surface area contributed by atoms with E-state index in [0.29, 0.717) is 18.3 Å².